The monoisotopic (exact) mass is 243 g/mol. The van der Waals surface area contributed by atoms with E-state index < -0.39 is 11.9 Å². The van der Waals surface area contributed by atoms with Crippen LogP contribution in [-0.4, -0.2) is 31.0 Å². The Morgan fingerprint density at radius 3 is 2.76 bits per heavy atom. The van der Waals surface area contributed by atoms with Gasteiger partial charge in [0.15, 0.2) is 0 Å². The molecule has 0 saturated carbocycles. The van der Waals surface area contributed by atoms with E-state index in [0.29, 0.717) is 17.9 Å². The van der Waals surface area contributed by atoms with Gasteiger partial charge in [-0.05, 0) is 13.0 Å². The quantitative estimate of drug-likeness (QED) is 0.751. The van der Waals surface area contributed by atoms with Crippen LogP contribution in [0.4, 0.5) is 4.39 Å². The molecule has 1 unspecified atom stereocenters. The number of aliphatic hydroxyl groups is 1. The van der Waals surface area contributed by atoms with E-state index in [-0.39, 0.29) is 19.8 Å². The highest BCUT2D eigenvalue weighted by atomic mass is 19.1. The van der Waals surface area contributed by atoms with Gasteiger partial charge in [0.2, 0.25) is 0 Å². The van der Waals surface area contributed by atoms with Crippen molar-refractivity contribution in [2.75, 3.05) is 19.8 Å². The van der Waals surface area contributed by atoms with Gasteiger partial charge in [-0.2, -0.15) is 0 Å². The van der Waals surface area contributed by atoms with Crippen molar-refractivity contribution >= 4 is 0 Å². The highest BCUT2D eigenvalue weighted by Gasteiger charge is 2.07. The predicted molar refractivity (Wildman–Crippen MR) is 62.3 cm³/mol. The summed E-state index contributed by atoms with van der Waals surface area (Å²) >= 11 is 0. The van der Waals surface area contributed by atoms with Crippen LogP contribution < -0.4 is 10.5 Å². The fourth-order valence-electron chi connectivity index (χ4n) is 1.28. The molecule has 0 heterocycles. The molecule has 0 spiro atoms. The summed E-state index contributed by atoms with van der Waals surface area (Å²) < 4.78 is 23.6. The number of hydrogen-bond acceptors (Lipinski definition) is 4. The van der Waals surface area contributed by atoms with Crippen LogP contribution in [0.1, 0.15) is 12.5 Å². The molecule has 0 amide bonds. The normalized spacial score (nSPS) is 12.5. The zero-order valence-corrected chi connectivity index (χ0v) is 9.86. The first-order chi connectivity index (χ1) is 8.17. The molecule has 4 nitrogen and oxygen atoms in total. The van der Waals surface area contributed by atoms with Crippen LogP contribution in [0.2, 0.25) is 0 Å². The molecule has 0 aliphatic rings. The summed E-state index contributed by atoms with van der Waals surface area (Å²) in [6.07, 6.45) is -0.716. The smallest absolute Gasteiger partial charge is 0.131 e. The third-order valence-electron chi connectivity index (χ3n) is 2.20. The van der Waals surface area contributed by atoms with E-state index in [1.54, 1.807) is 12.1 Å². The maximum Gasteiger partial charge on any atom is 0.131 e. The Bertz CT molecular complexity index is 347. The Hall–Kier alpha value is -1.17. The molecule has 1 atom stereocenters. The van der Waals surface area contributed by atoms with Gasteiger partial charge < -0.3 is 20.3 Å². The third-order valence-corrected chi connectivity index (χ3v) is 2.20. The van der Waals surface area contributed by atoms with E-state index in [9.17, 15) is 9.50 Å². The Kier molecular flexibility index (Phi) is 5.90. The second kappa shape index (κ2) is 7.21. The summed E-state index contributed by atoms with van der Waals surface area (Å²) in [5.74, 6) is -0.0282. The molecule has 1 rings (SSSR count). The number of benzene rings is 1. The maximum atomic E-state index is 13.3. The largest absolute Gasteiger partial charge is 0.491 e. The summed E-state index contributed by atoms with van der Waals surface area (Å²) in [4.78, 5) is 0. The molecule has 17 heavy (non-hydrogen) atoms. The first kappa shape index (κ1) is 13.9. The number of rotatable bonds is 7. The Labute approximate surface area is 100 Å². The van der Waals surface area contributed by atoms with Crippen LogP contribution in [0.3, 0.4) is 0 Å². The first-order valence-electron chi connectivity index (χ1n) is 5.54. The predicted octanol–water partition coefficient (Wildman–Crippen LogP) is 1.06. The summed E-state index contributed by atoms with van der Waals surface area (Å²) in [5, 5.41) is 9.45. The van der Waals surface area contributed by atoms with Gasteiger partial charge in [0.1, 0.15) is 24.3 Å². The molecule has 1 aromatic carbocycles. The number of hydrogen-bond donors (Lipinski definition) is 2. The molecular weight excluding hydrogens is 225 g/mol. The van der Waals surface area contributed by atoms with Gasteiger partial charge in [0.05, 0.1) is 6.61 Å². The summed E-state index contributed by atoms with van der Waals surface area (Å²) in [5.41, 5.74) is 5.78. The lowest BCUT2D eigenvalue weighted by Crippen LogP contribution is -2.23. The fraction of sp³-hybridized carbons (Fsp3) is 0.500. The summed E-state index contributed by atoms with van der Waals surface area (Å²) in [7, 11) is 0. The molecule has 1 aromatic rings. The van der Waals surface area contributed by atoms with Crippen molar-refractivity contribution < 1.29 is 19.0 Å². The molecule has 3 N–H and O–H groups in total. The van der Waals surface area contributed by atoms with E-state index >= 15 is 0 Å². The second-order valence-electron chi connectivity index (χ2n) is 3.58. The van der Waals surface area contributed by atoms with E-state index in [2.05, 4.69) is 0 Å². The van der Waals surface area contributed by atoms with Crippen LogP contribution in [0, 0.1) is 5.82 Å². The van der Waals surface area contributed by atoms with Gasteiger partial charge in [0, 0.05) is 24.8 Å². The van der Waals surface area contributed by atoms with Gasteiger partial charge in [-0.1, -0.05) is 6.07 Å². The van der Waals surface area contributed by atoms with Crippen molar-refractivity contribution in [1.29, 1.82) is 0 Å². The van der Waals surface area contributed by atoms with Gasteiger partial charge in [0.25, 0.3) is 0 Å². The second-order valence-corrected chi connectivity index (χ2v) is 3.58. The van der Waals surface area contributed by atoms with Gasteiger partial charge in [-0.15, -0.1) is 0 Å². The molecule has 0 saturated heterocycles. The van der Waals surface area contributed by atoms with Crippen LogP contribution >= 0.6 is 0 Å². The number of nitrogens with two attached hydrogens (primary N) is 1. The van der Waals surface area contributed by atoms with E-state index in [0.717, 1.165) is 0 Å². The minimum Gasteiger partial charge on any atom is -0.491 e. The number of ether oxygens (including phenoxy) is 2. The molecule has 96 valence electrons. The van der Waals surface area contributed by atoms with Crippen molar-refractivity contribution in [2.24, 2.45) is 5.73 Å². The lowest BCUT2D eigenvalue weighted by molar-refractivity contribution is 0.0164. The lowest BCUT2D eigenvalue weighted by Gasteiger charge is -2.12. The van der Waals surface area contributed by atoms with E-state index in [4.69, 9.17) is 15.2 Å². The average Bonchev–Trinajstić information content (AvgIpc) is 2.34. The molecule has 0 aliphatic heterocycles. The van der Waals surface area contributed by atoms with Crippen molar-refractivity contribution in [2.45, 2.75) is 19.6 Å². The van der Waals surface area contributed by atoms with E-state index in [1.807, 2.05) is 6.92 Å². The molecular formula is C12H18FNO3. The zero-order chi connectivity index (χ0) is 12.7. The van der Waals surface area contributed by atoms with Gasteiger partial charge in [-0.3, -0.25) is 0 Å². The molecule has 0 aliphatic carbocycles. The topological polar surface area (TPSA) is 64.7 Å². The third kappa shape index (κ3) is 4.68. The highest BCUT2D eigenvalue weighted by Crippen LogP contribution is 2.16. The SMILES string of the molecule is CCOCC(O)COc1ccc(CN)c(F)c1. The fourth-order valence-corrected chi connectivity index (χ4v) is 1.28. The lowest BCUT2D eigenvalue weighted by atomic mass is 10.2. The highest BCUT2D eigenvalue weighted by molar-refractivity contribution is 5.28. The first-order valence-corrected chi connectivity index (χ1v) is 5.54. The molecule has 5 heteroatoms. The minimum atomic E-state index is -0.716. The minimum absolute atomic E-state index is 0.0708. The van der Waals surface area contributed by atoms with Crippen LogP contribution in [0.5, 0.6) is 5.75 Å². The van der Waals surface area contributed by atoms with Gasteiger partial charge in [-0.25, -0.2) is 4.39 Å². The number of aliphatic hydroxyl groups excluding tert-OH is 1. The molecule has 0 bridgehead atoms. The summed E-state index contributed by atoms with van der Waals surface area (Å²) in [6.45, 7) is 2.81. The zero-order valence-electron chi connectivity index (χ0n) is 9.86. The van der Waals surface area contributed by atoms with Crippen LogP contribution in [0.15, 0.2) is 18.2 Å². The standard InChI is InChI=1S/C12H18FNO3/c1-2-16-7-10(15)8-17-11-4-3-9(6-14)12(13)5-11/h3-5,10,15H,2,6-8,14H2,1H3. The number of halogens is 1. The van der Waals surface area contributed by atoms with Crippen molar-refractivity contribution in [3.63, 3.8) is 0 Å². The van der Waals surface area contributed by atoms with Crippen LogP contribution in [-0.2, 0) is 11.3 Å². The summed E-state index contributed by atoms with van der Waals surface area (Å²) in [6, 6.07) is 4.45. The Balaban J connectivity index is 2.44. The van der Waals surface area contributed by atoms with Crippen molar-refractivity contribution in [3.05, 3.63) is 29.6 Å². The van der Waals surface area contributed by atoms with E-state index in [1.165, 1.54) is 6.07 Å². The Morgan fingerprint density at radius 2 is 2.18 bits per heavy atom. The van der Waals surface area contributed by atoms with Gasteiger partial charge >= 0.3 is 0 Å². The molecule has 0 radical (unpaired) electrons. The van der Waals surface area contributed by atoms with Crippen molar-refractivity contribution in [3.8, 4) is 5.75 Å². The van der Waals surface area contributed by atoms with Crippen LogP contribution in [0.25, 0.3) is 0 Å². The molecule has 0 fully saturated rings. The molecule has 0 aromatic heterocycles. The average molecular weight is 243 g/mol. The Morgan fingerprint density at radius 1 is 1.41 bits per heavy atom. The van der Waals surface area contributed by atoms with Crippen molar-refractivity contribution in [1.82, 2.24) is 0 Å². The maximum absolute atomic E-state index is 13.3.